The second-order valence-corrected chi connectivity index (χ2v) is 4.71. The van der Waals surface area contributed by atoms with Gasteiger partial charge in [0.15, 0.2) is 11.6 Å². The van der Waals surface area contributed by atoms with Gasteiger partial charge in [0.05, 0.1) is 18.0 Å². The maximum Gasteiger partial charge on any atom is 0.167 e. The van der Waals surface area contributed by atoms with Crippen molar-refractivity contribution < 1.29 is 9.13 Å². The van der Waals surface area contributed by atoms with Gasteiger partial charge in [-0.3, -0.25) is 0 Å². The minimum absolute atomic E-state index is 0.268. The van der Waals surface area contributed by atoms with Crippen molar-refractivity contribution in [3.05, 3.63) is 17.9 Å². The first-order valence-corrected chi connectivity index (χ1v) is 6.46. The van der Waals surface area contributed by atoms with Crippen molar-refractivity contribution in [1.82, 2.24) is 0 Å². The number of benzene rings is 1. The molecule has 18 heavy (non-hydrogen) atoms. The lowest BCUT2D eigenvalue weighted by atomic mass is 10.1. The van der Waals surface area contributed by atoms with Crippen molar-refractivity contribution in [2.75, 3.05) is 30.3 Å². The summed E-state index contributed by atoms with van der Waals surface area (Å²) < 4.78 is 18.9. The van der Waals surface area contributed by atoms with Crippen LogP contribution in [-0.4, -0.2) is 19.7 Å². The lowest BCUT2D eigenvalue weighted by Crippen LogP contribution is -2.28. The SMILES string of the molecule is CCOc1cc(N(CC)CC(C)C)c(N)cc1F. The molecule has 0 saturated heterocycles. The summed E-state index contributed by atoms with van der Waals surface area (Å²) in [6, 6.07) is 3.03. The molecule has 102 valence electrons. The number of nitrogen functional groups attached to an aromatic ring is 1. The van der Waals surface area contributed by atoms with Crippen molar-refractivity contribution in [3.8, 4) is 5.75 Å². The molecule has 0 heterocycles. The van der Waals surface area contributed by atoms with Crippen LogP contribution in [-0.2, 0) is 0 Å². The topological polar surface area (TPSA) is 38.5 Å². The number of anilines is 2. The monoisotopic (exact) mass is 254 g/mol. The van der Waals surface area contributed by atoms with Gasteiger partial charge >= 0.3 is 0 Å². The van der Waals surface area contributed by atoms with Crippen LogP contribution in [0.1, 0.15) is 27.7 Å². The minimum atomic E-state index is -0.404. The lowest BCUT2D eigenvalue weighted by molar-refractivity contribution is 0.321. The van der Waals surface area contributed by atoms with Crippen LogP contribution >= 0.6 is 0 Å². The standard InChI is InChI=1S/C14H23FN2O/c1-5-17(9-10(3)4)13-8-14(18-6-2)11(15)7-12(13)16/h7-8,10H,5-6,9,16H2,1-4H3. The van der Waals surface area contributed by atoms with Gasteiger partial charge in [0.2, 0.25) is 0 Å². The zero-order valence-electron chi connectivity index (χ0n) is 11.7. The van der Waals surface area contributed by atoms with Gasteiger partial charge in [-0.2, -0.15) is 0 Å². The Morgan fingerprint density at radius 1 is 1.33 bits per heavy atom. The van der Waals surface area contributed by atoms with Crippen molar-refractivity contribution in [1.29, 1.82) is 0 Å². The average molecular weight is 254 g/mol. The highest BCUT2D eigenvalue weighted by Crippen LogP contribution is 2.31. The number of halogens is 1. The van der Waals surface area contributed by atoms with Crippen LogP contribution in [0.3, 0.4) is 0 Å². The maximum atomic E-state index is 13.6. The molecule has 0 aliphatic heterocycles. The fourth-order valence-corrected chi connectivity index (χ4v) is 1.94. The molecule has 4 heteroatoms. The van der Waals surface area contributed by atoms with E-state index in [4.69, 9.17) is 10.5 Å². The Morgan fingerprint density at radius 2 is 2.00 bits per heavy atom. The fraction of sp³-hybridized carbons (Fsp3) is 0.571. The summed E-state index contributed by atoms with van der Waals surface area (Å²) >= 11 is 0. The molecule has 0 spiro atoms. The van der Waals surface area contributed by atoms with E-state index in [2.05, 4.69) is 25.7 Å². The Labute approximate surface area is 109 Å². The Bertz CT molecular complexity index is 394. The Hall–Kier alpha value is -1.45. The van der Waals surface area contributed by atoms with Crippen molar-refractivity contribution in [3.63, 3.8) is 0 Å². The van der Waals surface area contributed by atoms with Crippen LogP contribution in [0.25, 0.3) is 0 Å². The fourth-order valence-electron chi connectivity index (χ4n) is 1.94. The molecular weight excluding hydrogens is 231 g/mol. The molecule has 1 rings (SSSR count). The Kier molecular flexibility index (Phi) is 5.25. The molecule has 1 aromatic carbocycles. The van der Waals surface area contributed by atoms with E-state index in [-0.39, 0.29) is 5.75 Å². The number of hydrogen-bond acceptors (Lipinski definition) is 3. The molecule has 0 unspecified atom stereocenters. The highest BCUT2D eigenvalue weighted by atomic mass is 19.1. The molecule has 0 atom stereocenters. The van der Waals surface area contributed by atoms with Crippen LogP contribution in [0.5, 0.6) is 5.75 Å². The third-order valence-corrected chi connectivity index (χ3v) is 2.69. The largest absolute Gasteiger partial charge is 0.491 e. The van der Waals surface area contributed by atoms with Crippen molar-refractivity contribution in [2.45, 2.75) is 27.7 Å². The first-order chi connectivity index (χ1) is 8.49. The maximum absolute atomic E-state index is 13.6. The second-order valence-electron chi connectivity index (χ2n) is 4.71. The number of ether oxygens (including phenoxy) is 1. The summed E-state index contributed by atoms with van der Waals surface area (Å²) in [6.45, 7) is 10.3. The summed E-state index contributed by atoms with van der Waals surface area (Å²) in [4.78, 5) is 2.14. The summed E-state index contributed by atoms with van der Waals surface area (Å²) in [6.07, 6.45) is 0. The van der Waals surface area contributed by atoms with Crippen LogP contribution in [0.2, 0.25) is 0 Å². The van der Waals surface area contributed by atoms with E-state index in [1.165, 1.54) is 6.07 Å². The van der Waals surface area contributed by atoms with Crippen LogP contribution in [0.4, 0.5) is 15.8 Å². The van der Waals surface area contributed by atoms with Gasteiger partial charge in [-0.25, -0.2) is 4.39 Å². The summed E-state index contributed by atoms with van der Waals surface area (Å²) in [5.41, 5.74) is 7.20. The van der Waals surface area contributed by atoms with Gasteiger partial charge in [0.1, 0.15) is 0 Å². The van der Waals surface area contributed by atoms with Gasteiger partial charge in [0.25, 0.3) is 0 Å². The predicted molar refractivity (Wildman–Crippen MR) is 74.7 cm³/mol. The average Bonchev–Trinajstić information content (AvgIpc) is 2.30. The van der Waals surface area contributed by atoms with E-state index >= 15 is 0 Å². The third kappa shape index (κ3) is 3.52. The molecule has 0 bridgehead atoms. The van der Waals surface area contributed by atoms with E-state index < -0.39 is 5.82 Å². The van der Waals surface area contributed by atoms with Gasteiger partial charge in [-0.1, -0.05) is 13.8 Å². The summed E-state index contributed by atoms with van der Waals surface area (Å²) in [5, 5.41) is 0. The highest BCUT2D eigenvalue weighted by molar-refractivity contribution is 5.70. The molecule has 0 aliphatic rings. The predicted octanol–water partition coefficient (Wildman–Crippen LogP) is 3.29. The molecule has 0 aliphatic carbocycles. The quantitative estimate of drug-likeness (QED) is 0.792. The van der Waals surface area contributed by atoms with Gasteiger partial charge in [-0.05, 0) is 19.8 Å². The molecule has 3 nitrogen and oxygen atoms in total. The highest BCUT2D eigenvalue weighted by Gasteiger charge is 2.14. The molecule has 0 radical (unpaired) electrons. The minimum Gasteiger partial charge on any atom is -0.491 e. The lowest BCUT2D eigenvalue weighted by Gasteiger charge is -2.27. The molecule has 2 N–H and O–H groups in total. The first-order valence-electron chi connectivity index (χ1n) is 6.46. The zero-order chi connectivity index (χ0) is 13.7. The van der Waals surface area contributed by atoms with Gasteiger partial charge < -0.3 is 15.4 Å². The number of nitrogens with two attached hydrogens (primary N) is 1. The summed E-state index contributed by atoms with van der Waals surface area (Å²) in [5.74, 6) is 0.382. The molecule has 0 aromatic heterocycles. The molecular formula is C14H23FN2O. The molecule has 0 fully saturated rings. The molecule has 1 aromatic rings. The van der Waals surface area contributed by atoms with E-state index in [1.807, 2.05) is 6.92 Å². The van der Waals surface area contributed by atoms with E-state index in [9.17, 15) is 4.39 Å². The molecule has 0 amide bonds. The van der Waals surface area contributed by atoms with Crippen LogP contribution < -0.4 is 15.4 Å². The van der Waals surface area contributed by atoms with E-state index in [0.29, 0.717) is 18.2 Å². The zero-order valence-corrected chi connectivity index (χ0v) is 11.7. The van der Waals surface area contributed by atoms with E-state index in [1.54, 1.807) is 6.07 Å². The second kappa shape index (κ2) is 6.47. The van der Waals surface area contributed by atoms with Crippen LogP contribution in [0, 0.1) is 11.7 Å². The normalized spacial score (nSPS) is 10.8. The molecule has 0 saturated carbocycles. The first kappa shape index (κ1) is 14.6. The van der Waals surface area contributed by atoms with Gasteiger partial charge in [0, 0.05) is 25.2 Å². The van der Waals surface area contributed by atoms with Gasteiger partial charge in [-0.15, -0.1) is 0 Å². The van der Waals surface area contributed by atoms with Crippen molar-refractivity contribution >= 4 is 11.4 Å². The number of nitrogens with zero attached hydrogens (tertiary/aromatic N) is 1. The van der Waals surface area contributed by atoms with Crippen molar-refractivity contribution in [2.24, 2.45) is 5.92 Å². The Morgan fingerprint density at radius 3 is 2.50 bits per heavy atom. The number of rotatable bonds is 6. The third-order valence-electron chi connectivity index (χ3n) is 2.69. The summed E-state index contributed by atoms with van der Waals surface area (Å²) in [7, 11) is 0. The Balaban J connectivity index is 3.08. The number of hydrogen-bond donors (Lipinski definition) is 1. The van der Waals surface area contributed by atoms with E-state index in [0.717, 1.165) is 18.8 Å². The smallest absolute Gasteiger partial charge is 0.167 e. The van der Waals surface area contributed by atoms with Crippen LogP contribution in [0.15, 0.2) is 12.1 Å².